The molecule has 1 aromatic heterocycles. The van der Waals surface area contributed by atoms with Crippen LogP contribution >= 0.6 is 46.9 Å². The number of carbonyl (C=O) groups excluding carboxylic acids is 2. The third kappa shape index (κ3) is 6.42. The summed E-state index contributed by atoms with van der Waals surface area (Å²) >= 11 is 13.9. The van der Waals surface area contributed by atoms with Gasteiger partial charge in [-0.05, 0) is 30.2 Å². The van der Waals surface area contributed by atoms with Crippen molar-refractivity contribution in [1.29, 1.82) is 0 Å². The number of anilines is 1. The SMILES string of the molecule is O=C(CCCN1C(=O)C(=CC=Cc2ccccc2)SC1=S)Nc1nc(-c2ccc(Cl)cc2)cs1. The number of carbonyl (C=O) groups is 2. The van der Waals surface area contributed by atoms with E-state index in [4.69, 9.17) is 23.8 Å². The maximum Gasteiger partial charge on any atom is 0.266 e. The number of hydrogen-bond acceptors (Lipinski definition) is 6. The second-order valence-electron chi connectivity index (χ2n) is 7.32. The minimum absolute atomic E-state index is 0.124. The Hall–Kier alpha value is -2.78. The first-order valence-electron chi connectivity index (χ1n) is 10.5. The van der Waals surface area contributed by atoms with Gasteiger partial charge in [-0.25, -0.2) is 4.98 Å². The molecule has 1 saturated heterocycles. The van der Waals surface area contributed by atoms with E-state index in [0.717, 1.165) is 16.8 Å². The van der Waals surface area contributed by atoms with Crippen molar-refractivity contribution in [2.24, 2.45) is 0 Å². The Balaban J connectivity index is 1.25. The van der Waals surface area contributed by atoms with Crippen molar-refractivity contribution in [3.63, 3.8) is 0 Å². The molecule has 34 heavy (non-hydrogen) atoms. The van der Waals surface area contributed by atoms with E-state index in [1.807, 2.05) is 60.0 Å². The van der Waals surface area contributed by atoms with Crippen molar-refractivity contribution in [2.45, 2.75) is 12.8 Å². The Bertz CT molecular complexity index is 1250. The lowest BCUT2D eigenvalue weighted by atomic mass is 10.2. The Kier molecular flexibility index (Phi) is 8.29. The third-order valence-corrected chi connectivity index (χ3v) is 7.29. The van der Waals surface area contributed by atoms with Crippen LogP contribution in [-0.2, 0) is 9.59 Å². The number of nitrogens with zero attached hydrogens (tertiary/aromatic N) is 2. The molecule has 4 rings (SSSR count). The van der Waals surface area contributed by atoms with Crippen LogP contribution < -0.4 is 5.32 Å². The van der Waals surface area contributed by atoms with E-state index >= 15 is 0 Å². The summed E-state index contributed by atoms with van der Waals surface area (Å²) < 4.78 is 0.511. The number of allylic oxidation sites excluding steroid dienone is 2. The molecule has 2 aromatic carbocycles. The molecule has 0 spiro atoms. The Morgan fingerprint density at radius 3 is 2.68 bits per heavy atom. The standard InChI is InChI=1S/C25H20ClN3O2S3/c26-19-13-11-18(12-14-19)20-16-33-24(27-20)28-22(30)10-5-15-29-23(31)21(34-25(29)32)9-4-8-17-6-2-1-3-7-17/h1-4,6-9,11-14,16H,5,10,15H2,(H,27,28,30). The first-order chi connectivity index (χ1) is 16.5. The maximum absolute atomic E-state index is 12.7. The van der Waals surface area contributed by atoms with Crippen molar-refractivity contribution in [3.05, 3.63) is 87.6 Å². The van der Waals surface area contributed by atoms with E-state index in [-0.39, 0.29) is 18.2 Å². The van der Waals surface area contributed by atoms with Crippen LogP contribution in [0.2, 0.25) is 5.02 Å². The number of thioether (sulfide) groups is 1. The highest BCUT2D eigenvalue weighted by Gasteiger charge is 2.31. The van der Waals surface area contributed by atoms with Crippen LogP contribution in [0.15, 0.2) is 77.0 Å². The van der Waals surface area contributed by atoms with E-state index in [2.05, 4.69) is 10.3 Å². The number of amides is 2. The van der Waals surface area contributed by atoms with Gasteiger partial charge in [-0.1, -0.05) is 90.2 Å². The molecule has 0 bridgehead atoms. The van der Waals surface area contributed by atoms with Gasteiger partial charge in [0.05, 0.1) is 10.6 Å². The first-order valence-corrected chi connectivity index (χ1v) is 13.0. The second-order valence-corrected chi connectivity index (χ2v) is 10.3. The van der Waals surface area contributed by atoms with E-state index in [1.165, 1.54) is 23.1 Å². The summed E-state index contributed by atoms with van der Waals surface area (Å²) in [6, 6.07) is 17.2. The summed E-state index contributed by atoms with van der Waals surface area (Å²) in [6.07, 6.45) is 6.33. The van der Waals surface area contributed by atoms with Crippen LogP contribution in [0.25, 0.3) is 17.3 Å². The van der Waals surface area contributed by atoms with Crippen molar-refractivity contribution >= 4 is 74.3 Å². The van der Waals surface area contributed by atoms with Crippen molar-refractivity contribution in [2.75, 3.05) is 11.9 Å². The van der Waals surface area contributed by atoms with Gasteiger partial charge in [0.1, 0.15) is 4.32 Å². The molecule has 1 fully saturated rings. The maximum atomic E-state index is 12.7. The van der Waals surface area contributed by atoms with E-state index in [0.29, 0.717) is 32.3 Å². The molecular weight excluding hydrogens is 506 g/mol. The van der Waals surface area contributed by atoms with Gasteiger partial charge in [-0.2, -0.15) is 0 Å². The van der Waals surface area contributed by atoms with Gasteiger partial charge in [-0.3, -0.25) is 14.5 Å². The molecule has 0 aliphatic carbocycles. The summed E-state index contributed by atoms with van der Waals surface area (Å²) in [7, 11) is 0. The zero-order chi connectivity index (χ0) is 23.9. The zero-order valence-corrected chi connectivity index (χ0v) is 21.1. The Labute approximate surface area is 216 Å². The fourth-order valence-corrected chi connectivity index (χ4v) is 5.30. The highest BCUT2D eigenvalue weighted by Crippen LogP contribution is 2.31. The first kappa shape index (κ1) is 24.3. The summed E-state index contributed by atoms with van der Waals surface area (Å²) in [6.45, 7) is 0.395. The number of nitrogens with one attached hydrogen (secondary N) is 1. The van der Waals surface area contributed by atoms with Crippen LogP contribution in [0.1, 0.15) is 18.4 Å². The molecule has 1 N–H and O–H groups in total. The van der Waals surface area contributed by atoms with Crippen LogP contribution in [0.5, 0.6) is 0 Å². The second kappa shape index (κ2) is 11.6. The summed E-state index contributed by atoms with van der Waals surface area (Å²) in [5.41, 5.74) is 2.77. The topological polar surface area (TPSA) is 62.3 Å². The lowest BCUT2D eigenvalue weighted by Gasteiger charge is -2.13. The predicted molar refractivity (Wildman–Crippen MR) is 146 cm³/mol. The molecule has 2 amide bonds. The van der Waals surface area contributed by atoms with Gasteiger partial charge in [0.15, 0.2) is 5.13 Å². The largest absolute Gasteiger partial charge is 0.302 e. The molecule has 0 atom stereocenters. The molecule has 2 heterocycles. The summed E-state index contributed by atoms with van der Waals surface area (Å²) in [5.74, 6) is -0.274. The highest BCUT2D eigenvalue weighted by molar-refractivity contribution is 8.26. The lowest BCUT2D eigenvalue weighted by molar-refractivity contribution is -0.122. The molecule has 1 aliphatic rings. The third-order valence-electron chi connectivity index (χ3n) is 4.89. The quantitative estimate of drug-likeness (QED) is 0.264. The summed E-state index contributed by atoms with van der Waals surface area (Å²) in [5, 5.41) is 5.91. The van der Waals surface area contributed by atoms with Gasteiger partial charge in [0, 0.05) is 28.9 Å². The minimum Gasteiger partial charge on any atom is -0.302 e. The average molecular weight is 526 g/mol. The van der Waals surface area contributed by atoms with Crippen LogP contribution in [0, 0.1) is 0 Å². The molecule has 9 heteroatoms. The number of benzene rings is 2. The van der Waals surface area contributed by atoms with Gasteiger partial charge in [-0.15, -0.1) is 11.3 Å². The highest BCUT2D eigenvalue weighted by atomic mass is 35.5. The van der Waals surface area contributed by atoms with E-state index in [1.54, 1.807) is 23.1 Å². The molecule has 0 saturated carbocycles. The average Bonchev–Trinajstić information content (AvgIpc) is 3.40. The molecule has 0 radical (unpaired) electrons. The van der Waals surface area contributed by atoms with Crippen molar-refractivity contribution in [1.82, 2.24) is 9.88 Å². The normalized spacial score (nSPS) is 15.0. The van der Waals surface area contributed by atoms with E-state index in [9.17, 15) is 9.59 Å². The van der Waals surface area contributed by atoms with E-state index < -0.39 is 0 Å². The van der Waals surface area contributed by atoms with Gasteiger partial charge >= 0.3 is 0 Å². The minimum atomic E-state index is -0.149. The molecule has 1 aliphatic heterocycles. The fourth-order valence-electron chi connectivity index (χ4n) is 3.18. The smallest absolute Gasteiger partial charge is 0.266 e. The molecule has 172 valence electrons. The molecular formula is C25H20ClN3O2S3. The van der Waals surface area contributed by atoms with Crippen LogP contribution in [-0.4, -0.2) is 32.6 Å². The predicted octanol–water partition coefficient (Wildman–Crippen LogP) is 6.64. The number of thiazole rings is 1. The van der Waals surface area contributed by atoms with Crippen LogP contribution in [0.4, 0.5) is 5.13 Å². The molecule has 5 nitrogen and oxygen atoms in total. The molecule has 0 unspecified atom stereocenters. The number of halogens is 1. The fraction of sp³-hybridized carbons (Fsp3) is 0.120. The Morgan fingerprint density at radius 2 is 1.91 bits per heavy atom. The number of aromatic nitrogens is 1. The lowest BCUT2D eigenvalue weighted by Crippen LogP contribution is -2.29. The van der Waals surface area contributed by atoms with Crippen LogP contribution in [0.3, 0.4) is 0 Å². The summed E-state index contributed by atoms with van der Waals surface area (Å²) in [4.78, 5) is 31.6. The van der Waals surface area contributed by atoms with Gasteiger partial charge < -0.3 is 5.32 Å². The number of rotatable bonds is 8. The van der Waals surface area contributed by atoms with Crippen molar-refractivity contribution in [3.8, 4) is 11.3 Å². The molecule has 3 aromatic rings. The van der Waals surface area contributed by atoms with Crippen molar-refractivity contribution < 1.29 is 9.59 Å². The Morgan fingerprint density at radius 1 is 1.15 bits per heavy atom. The van der Waals surface area contributed by atoms with Gasteiger partial charge in [0.2, 0.25) is 5.91 Å². The number of thiocarbonyl (C=S) groups is 1. The monoisotopic (exact) mass is 525 g/mol. The zero-order valence-electron chi connectivity index (χ0n) is 17.9. The van der Waals surface area contributed by atoms with Gasteiger partial charge in [0.25, 0.3) is 5.91 Å². The number of hydrogen-bond donors (Lipinski definition) is 1.